The number of aryl methyl sites for hydroxylation is 2. The number of piperidine rings is 1. The molecule has 1 spiro atoms. The van der Waals surface area contributed by atoms with E-state index in [0.717, 1.165) is 31.4 Å². The number of amides is 1. The minimum absolute atomic E-state index is 0.00256. The van der Waals surface area contributed by atoms with Crippen molar-refractivity contribution >= 4 is 5.91 Å². The summed E-state index contributed by atoms with van der Waals surface area (Å²) in [7, 11) is 0. The average Bonchev–Trinajstić information content (AvgIpc) is 3.10. The van der Waals surface area contributed by atoms with Gasteiger partial charge in [-0.25, -0.2) is 0 Å². The standard InChI is InChI=1S/C23H30N2O5/c1-17-21(18(2)30-24-17)22(26)25-11-9-23(10-12-25)16-20(8-13-29-23)28-15-14-27-19-6-4-3-5-7-19/h3-7,20H,8-16H2,1-2H3. The molecule has 4 rings (SSSR count). The van der Waals surface area contributed by atoms with Gasteiger partial charge >= 0.3 is 0 Å². The maximum absolute atomic E-state index is 12.9. The van der Waals surface area contributed by atoms with Crippen LogP contribution in [0.2, 0.25) is 0 Å². The van der Waals surface area contributed by atoms with E-state index in [1.54, 1.807) is 6.92 Å². The summed E-state index contributed by atoms with van der Waals surface area (Å²) in [4.78, 5) is 14.8. The average molecular weight is 415 g/mol. The second-order valence-corrected chi connectivity index (χ2v) is 8.17. The van der Waals surface area contributed by atoms with Gasteiger partial charge in [-0.1, -0.05) is 23.4 Å². The van der Waals surface area contributed by atoms with Crippen molar-refractivity contribution in [3.8, 4) is 5.75 Å². The highest BCUT2D eigenvalue weighted by Gasteiger charge is 2.42. The van der Waals surface area contributed by atoms with Gasteiger partial charge in [-0.05, 0) is 45.2 Å². The van der Waals surface area contributed by atoms with Crippen LogP contribution >= 0.6 is 0 Å². The predicted octanol–water partition coefficient (Wildman–Crippen LogP) is 3.54. The second-order valence-electron chi connectivity index (χ2n) is 8.17. The SMILES string of the molecule is Cc1noc(C)c1C(=O)N1CCC2(CC1)CC(OCCOc1ccccc1)CCO2. The molecule has 1 unspecified atom stereocenters. The Hall–Kier alpha value is -2.38. The number of aromatic nitrogens is 1. The van der Waals surface area contributed by atoms with Gasteiger partial charge in [-0.15, -0.1) is 0 Å². The third-order valence-corrected chi connectivity index (χ3v) is 6.11. The summed E-state index contributed by atoms with van der Waals surface area (Å²) in [5.74, 6) is 1.44. The normalized spacial score (nSPS) is 21.0. The van der Waals surface area contributed by atoms with E-state index in [0.29, 0.717) is 49.9 Å². The predicted molar refractivity (Wildman–Crippen MR) is 111 cm³/mol. The fourth-order valence-electron chi connectivity index (χ4n) is 4.43. The van der Waals surface area contributed by atoms with Crippen LogP contribution in [0.1, 0.15) is 47.5 Å². The van der Waals surface area contributed by atoms with Gasteiger partial charge in [0.05, 0.1) is 24.0 Å². The first-order valence-corrected chi connectivity index (χ1v) is 10.7. The first kappa shape index (κ1) is 20.9. The molecule has 2 saturated heterocycles. The molecule has 30 heavy (non-hydrogen) atoms. The Labute approximate surface area is 177 Å². The summed E-state index contributed by atoms with van der Waals surface area (Å²) in [6.45, 7) is 6.73. The second kappa shape index (κ2) is 9.18. The summed E-state index contributed by atoms with van der Waals surface area (Å²) in [5, 5.41) is 3.91. The van der Waals surface area contributed by atoms with Crippen molar-refractivity contribution < 1.29 is 23.5 Å². The van der Waals surface area contributed by atoms with Crippen molar-refractivity contribution in [2.24, 2.45) is 0 Å². The Morgan fingerprint density at radius 2 is 1.97 bits per heavy atom. The summed E-state index contributed by atoms with van der Waals surface area (Å²) in [5.41, 5.74) is 1.05. The zero-order chi connectivity index (χ0) is 21.0. The number of carbonyl (C=O) groups excluding carboxylic acids is 1. The molecule has 0 N–H and O–H groups in total. The minimum Gasteiger partial charge on any atom is -0.491 e. The topological polar surface area (TPSA) is 74.0 Å². The van der Waals surface area contributed by atoms with Crippen molar-refractivity contribution in [1.29, 1.82) is 0 Å². The summed E-state index contributed by atoms with van der Waals surface area (Å²) < 4.78 is 23.2. The van der Waals surface area contributed by atoms with Crippen molar-refractivity contribution in [2.45, 2.75) is 51.2 Å². The van der Waals surface area contributed by atoms with Gasteiger partial charge in [-0.3, -0.25) is 4.79 Å². The maximum Gasteiger partial charge on any atom is 0.259 e. The molecule has 2 aliphatic rings. The number of likely N-dealkylation sites (tertiary alicyclic amines) is 1. The zero-order valence-corrected chi connectivity index (χ0v) is 17.8. The van der Waals surface area contributed by atoms with E-state index in [1.807, 2.05) is 42.2 Å². The quantitative estimate of drug-likeness (QED) is 0.673. The summed E-state index contributed by atoms with van der Waals surface area (Å²) in [6, 6.07) is 9.78. The van der Waals surface area contributed by atoms with E-state index >= 15 is 0 Å². The lowest BCUT2D eigenvalue weighted by atomic mass is 9.83. The molecule has 7 nitrogen and oxygen atoms in total. The number of hydrogen-bond donors (Lipinski definition) is 0. The third-order valence-electron chi connectivity index (χ3n) is 6.11. The molecule has 1 aromatic heterocycles. The molecule has 0 bridgehead atoms. The highest BCUT2D eigenvalue weighted by Crippen LogP contribution is 2.36. The number of ether oxygens (including phenoxy) is 3. The fraction of sp³-hybridized carbons (Fsp3) is 0.565. The lowest BCUT2D eigenvalue weighted by molar-refractivity contribution is -0.153. The van der Waals surface area contributed by atoms with Crippen LogP contribution < -0.4 is 4.74 Å². The Morgan fingerprint density at radius 3 is 2.67 bits per heavy atom. The van der Waals surface area contributed by atoms with Crippen molar-refractivity contribution in [1.82, 2.24) is 10.1 Å². The van der Waals surface area contributed by atoms with Crippen LogP contribution in [0.15, 0.2) is 34.9 Å². The van der Waals surface area contributed by atoms with E-state index < -0.39 is 0 Å². The van der Waals surface area contributed by atoms with Crippen LogP contribution in [-0.4, -0.2) is 60.6 Å². The molecule has 7 heteroatoms. The molecule has 0 saturated carbocycles. The van der Waals surface area contributed by atoms with E-state index in [1.165, 1.54) is 0 Å². The van der Waals surface area contributed by atoms with E-state index in [4.69, 9.17) is 18.7 Å². The van der Waals surface area contributed by atoms with E-state index in [9.17, 15) is 4.79 Å². The Bertz CT molecular complexity index is 823. The molecule has 0 aliphatic carbocycles. The molecule has 2 fully saturated rings. The van der Waals surface area contributed by atoms with Crippen LogP contribution in [0.5, 0.6) is 5.75 Å². The summed E-state index contributed by atoms with van der Waals surface area (Å²) in [6.07, 6.45) is 3.58. The number of para-hydroxylation sites is 1. The number of rotatable bonds is 6. The molecule has 2 aliphatic heterocycles. The van der Waals surface area contributed by atoms with Crippen LogP contribution in [0.3, 0.4) is 0 Å². The Morgan fingerprint density at radius 1 is 1.20 bits per heavy atom. The first-order chi connectivity index (χ1) is 14.6. The molecule has 1 amide bonds. The summed E-state index contributed by atoms with van der Waals surface area (Å²) >= 11 is 0. The van der Waals surface area contributed by atoms with E-state index in [-0.39, 0.29) is 17.6 Å². The van der Waals surface area contributed by atoms with Crippen molar-refractivity contribution in [3.63, 3.8) is 0 Å². The zero-order valence-electron chi connectivity index (χ0n) is 17.8. The van der Waals surface area contributed by atoms with Crippen LogP contribution in [0.25, 0.3) is 0 Å². The lowest BCUT2D eigenvalue weighted by Crippen LogP contribution is -2.52. The van der Waals surface area contributed by atoms with Gasteiger partial charge in [0.2, 0.25) is 0 Å². The minimum atomic E-state index is -0.196. The Kier molecular flexibility index (Phi) is 6.39. The van der Waals surface area contributed by atoms with Crippen molar-refractivity contribution in [2.75, 3.05) is 32.9 Å². The van der Waals surface area contributed by atoms with Gasteiger partial charge < -0.3 is 23.6 Å². The first-order valence-electron chi connectivity index (χ1n) is 10.7. The number of benzene rings is 1. The molecular formula is C23H30N2O5. The van der Waals surface area contributed by atoms with Crippen molar-refractivity contribution in [3.05, 3.63) is 47.3 Å². The van der Waals surface area contributed by atoms with Crippen LogP contribution in [0, 0.1) is 13.8 Å². The molecule has 1 atom stereocenters. The van der Waals surface area contributed by atoms with Gasteiger partial charge in [0, 0.05) is 26.1 Å². The number of carbonyl (C=O) groups is 1. The third kappa shape index (κ3) is 4.68. The number of hydrogen-bond acceptors (Lipinski definition) is 6. The molecule has 3 heterocycles. The van der Waals surface area contributed by atoms with Crippen LogP contribution in [-0.2, 0) is 9.47 Å². The van der Waals surface area contributed by atoms with Crippen LogP contribution in [0.4, 0.5) is 0 Å². The van der Waals surface area contributed by atoms with Gasteiger partial charge in [-0.2, -0.15) is 0 Å². The monoisotopic (exact) mass is 414 g/mol. The molecule has 1 aromatic carbocycles. The maximum atomic E-state index is 12.9. The number of nitrogens with zero attached hydrogens (tertiary/aromatic N) is 2. The molecule has 0 radical (unpaired) electrons. The molecule has 2 aromatic rings. The van der Waals surface area contributed by atoms with E-state index in [2.05, 4.69) is 5.16 Å². The highest BCUT2D eigenvalue weighted by atomic mass is 16.5. The highest BCUT2D eigenvalue weighted by molar-refractivity contribution is 5.96. The molecule has 162 valence electrons. The Balaban J connectivity index is 1.25. The smallest absolute Gasteiger partial charge is 0.259 e. The molecular weight excluding hydrogens is 384 g/mol. The van der Waals surface area contributed by atoms with Gasteiger partial charge in [0.25, 0.3) is 5.91 Å². The lowest BCUT2D eigenvalue weighted by Gasteiger charge is -2.46. The van der Waals surface area contributed by atoms with Gasteiger partial charge in [0.15, 0.2) is 0 Å². The largest absolute Gasteiger partial charge is 0.491 e. The van der Waals surface area contributed by atoms with Gasteiger partial charge in [0.1, 0.15) is 23.7 Å². The fourth-order valence-corrected chi connectivity index (χ4v) is 4.43.